The highest BCUT2D eigenvalue weighted by Crippen LogP contribution is 2.28. The fourth-order valence-electron chi connectivity index (χ4n) is 2.57. The summed E-state index contributed by atoms with van der Waals surface area (Å²) in [7, 11) is 1.63. The maximum absolute atomic E-state index is 12.0. The van der Waals surface area contributed by atoms with E-state index < -0.39 is 11.6 Å². The lowest BCUT2D eigenvalue weighted by Crippen LogP contribution is -2.41. The maximum Gasteiger partial charge on any atom is 0.410 e. The zero-order valence-electron chi connectivity index (χ0n) is 13.5. The van der Waals surface area contributed by atoms with Crippen molar-refractivity contribution in [1.29, 1.82) is 0 Å². The third kappa shape index (κ3) is 3.78. The van der Waals surface area contributed by atoms with Gasteiger partial charge >= 0.3 is 12.1 Å². The maximum atomic E-state index is 12.0. The number of likely N-dealkylation sites (tertiary alicyclic amines) is 1. The number of piperidine rings is 1. The standard InChI is InChI=1S/C15H23N3O4/c1-15(2,3)22-14(21)18-7-5-10(6-8-18)11-9-12(13(19)20)17(4)16-11/h9-10H,5-8H2,1-4H3,(H,19,20). The van der Waals surface area contributed by atoms with Crippen molar-refractivity contribution in [2.45, 2.75) is 45.1 Å². The van der Waals surface area contributed by atoms with Gasteiger partial charge in [0.15, 0.2) is 0 Å². The fourth-order valence-corrected chi connectivity index (χ4v) is 2.57. The predicted molar refractivity (Wildman–Crippen MR) is 79.9 cm³/mol. The van der Waals surface area contributed by atoms with Gasteiger partial charge in [0.1, 0.15) is 11.3 Å². The Labute approximate surface area is 129 Å². The smallest absolute Gasteiger partial charge is 0.410 e. The van der Waals surface area contributed by atoms with E-state index in [-0.39, 0.29) is 17.7 Å². The van der Waals surface area contributed by atoms with Gasteiger partial charge in [-0.2, -0.15) is 5.10 Å². The number of carbonyl (C=O) groups is 2. The number of amides is 1. The third-order valence-corrected chi connectivity index (χ3v) is 3.68. The topological polar surface area (TPSA) is 84.7 Å². The van der Waals surface area contributed by atoms with Crippen molar-refractivity contribution in [3.05, 3.63) is 17.5 Å². The van der Waals surface area contributed by atoms with E-state index in [1.165, 1.54) is 4.68 Å². The summed E-state index contributed by atoms with van der Waals surface area (Å²) in [5, 5.41) is 13.4. The van der Waals surface area contributed by atoms with E-state index in [0.717, 1.165) is 18.5 Å². The second-order valence-electron chi connectivity index (χ2n) is 6.62. The highest BCUT2D eigenvalue weighted by atomic mass is 16.6. The van der Waals surface area contributed by atoms with E-state index in [9.17, 15) is 9.59 Å². The largest absolute Gasteiger partial charge is 0.477 e. The Bertz CT molecular complexity index is 566. The lowest BCUT2D eigenvalue weighted by molar-refractivity contribution is 0.0203. The number of carbonyl (C=O) groups excluding carboxylic acids is 1. The van der Waals surface area contributed by atoms with Crippen molar-refractivity contribution in [3.8, 4) is 0 Å². The summed E-state index contributed by atoms with van der Waals surface area (Å²) in [4.78, 5) is 24.8. The van der Waals surface area contributed by atoms with Gasteiger partial charge in [-0.05, 0) is 39.7 Å². The molecule has 2 heterocycles. The van der Waals surface area contributed by atoms with E-state index in [4.69, 9.17) is 9.84 Å². The zero-order valence-corrected chi connectivity index (χ0v) is 13.5. The van der Waals surface area contributed by atoms with Crippen LogP contribution in [0.3, 0.4) is 0 Å². The first-order valence-corrected chi connectivity index (χ1v) is 7.42. The molecule has 1 aliphatic heterocycles. The summed E-state index contributed by atoms with van der Waals surface area (Å²) < 4.78 is 6.75. The molecule has 122 valence electrons. The van der Waals surface area contributed by atoms with Crippen LogP contribution >= 0.6 is 0 Å². The van der Waals surface area contributed by atoms with Gasteiger partial charge in [-0.1, -0.05) is 0 Å². The van der Waals surface area contributed by atoms with Crippen LogP contribution in [0.1, 0.15) is 55.7 Å². The second kappa shape index (κ2) is 5.98. The van der Waals surface area contributed by atoms with Crippen molar-refractivity contribution in [2.75, 3.05) is 13.1 Å². The molecule has 0 unspecified atom stereocenters. The van der Waals surface area contributed by atoms with Crippen LogP contribution in [0.4, 0.5) is 4.79 Å². The summed E-state index contributed by atoms with van der Waals surface area (Å²) in [5.74, 6) is -0.801. The van der Waals surface area contributed by atoms with Gasteiger partial charge in [-0.3, -0.25) is 4.68 Å². The SMILES string of the molecule is Cn1nc(C2CCN(C(=O)OC(C)(C)C)CC2)cc1C(=O)O. The first-order valence-electron chi connectivity index (χ1n) is 7.42. The van der Waals surface area contributed by atoms with Crippen molar-refractivity contribution < 1.29 is 19.4 Å². The highest BCUT2D eigenvalue weighted by Gasteiger charge is 2.29. The number of aryl methyl sites for hydroxylation is 1. The lowest BCUT2D eigenvalue weighted by atomic mass is 9.93. The van der Waals surface area contributed by atoms with Crippen molar-refractivity contribution in [1.82, 2.24) is 14.7 Å². The van der Waals surface area contributed by atoms with Gasteiger partial charge in [-0.25, -0.2) is 9.59 Å². The minimum Gasteiger partial charge on any atom is -0.477 e. The van der Waals surface area contributed by atoms with Gasteiger partial charge in [0.2, 0.25) is 0 Å². The van der Waals surface area contributed by atoms with Crippen LogP contribution in [0.5, 0.6) is 0 Å². The van der Waals surface area contributed by atoms with Crippen LogP contribution in [0.2, 0.25) is 0 Å². The molecule has 0 atom stereocenters. The van der Waals surface area contributed by atoms with Crippen LogP contribution in [0.15, 0.2) is 6.07 Å². The van der Waals surface area contributed by atoms with Crippen LogP contribution in [0.25, 0.3) is 0 Å². The second-order valence-corrected chi connectivity index (χ2v) is 6.62. The molecular weight excluding hydrogens is 286 g/mol. The third-order valence-electron chi connectivity index (χ3n) is 3.68. The molecule has 7 nitrogen and oxygen atoms in total. The quantitative estimate of drug-likeness (QED) is 0.905. The summed E-state index contributed by atoms with van der Waals surface area (Å²) in [6.45, 7) is 6.73. The number of ether oxygens (including phenoxy) is 1. The molecule has 1 aliphatic rings. The van der Waals surface area contributed by atoms with Crippen LogP contribution in [-0.2, 0) is 11.8 Å². The average Bonchev–Trinajstić information content (AvgIpc) is 2.79. The average molecular weight is 309 g/mol. The van der Waals surface area contributed by atoms with E-state index in [2.05, 4.69) is 5.10 Å². The number of aromatic nitrogens is 2. The number of hydrogen-bond donors (Lipinski definition) is 1. The summed E-state index contributed by atoms with van der Waals surface area (Å²) in [6, 6.07) is 1.62. The molecule has 22 heavy (non-hydrogen) atoms. The summed E-state index contributed by atoms with van der Waals surface area (Å²) in [5.41, 5.74) is 0.471. The summed E-state index contributed by atoms with van der Waals surface area (Å²) in [6.07, 6.45) is 1.23. The number of carboxylic acid groups (broad SMARTS) is 1. The Kier molecular flexibility index (Phi) is 4.44. The minimum atomic E-state index is -0.979. The van der Waals surface area contributed by atoms with E-state index >= 15 is 0 Å². The molecule has 0 aliphatic carbocycles. The first kappa shape index (κ1) is 16.3. The lowest BCUT2D eigenvalue weighted by Gasteiger charge is -2.32. The normalized spacial score (nSPS) is 16.6. The minimum absolute atomic E-state index is 0.179. The zero-order chi connectivity index (χ0) is 16.5. The Morgan fingerprint density at radius 3 is 2.36 bits per heavy atom. The molecule has 0 aromatic carbocycles. The Balaban J connectivity index is 1.96. The van der Waals surface area contributed by atoms with Gasteiger partial charge in [0.25, 0.3) is 0 Å². The number of rotatable bonds is 2. The van der Waals surface area contributed by atoms with Gasteiger partial charge in [-0.15, -0.1) is 0 Å². The van der Waals surface area contributed by atoms with Gasteiger partial charge in [0, 0.05) is 26.1 Å². The Hall–Kier alpha value is -2.05. The first-order chi connectivity index (χ1) is 10.2. The van der Waals surface area contributed by atoms with E-state index in [1.54, 1.807) is 18.0 Å². The predicted octanol–water partition coefficient (Wildman–Crippen LogP) is 2.23. The Morgan fingerprint density at radius 2 is 1.91 bits per heavy atom. The monoisotopic (exact) mass is 309 g/mol. The number of carboxylic acids is 1. The molecular formula is C15H23N3O4. The molecule has 0 bridgehead atoms. The van der Waals surface area contributed by atoms with Crippen LogP contribution < -0.4 is 0 Å². The molecule has 1 N–H and O–H groups in total. The van der Waals surface area contributed by atoms with E-state index in [1.807, 2.05) is 20.8 Å². The molecule has 0 spiro atoms. The number of nitrogens with zero attached hydrogens (tertiary/aromatic N) is 3. The van der Waals surface area contributed by atoms with Crippen LogP contribution in [-0.4, -0.2) is 50.5 Å². The molecule has 1 saturated heterocycles. The van der Waals surface area contributed by atoms with Crippen molar-refractivity contribution >= 4 is 12.1 Å². The van der Waals surface area contributed by atoms with Gasteiger partial charge in [0.05, 0.1) is 5.69 Å². The summed E-state index contributed by atoms with van der Waals surface area (Å²) >= 11 is 0. The molecule has 1 amide bonds. The van der Waals surface area contributed by atoms with Crippen molar-refractivity contribution in [3.63, 3.8) is 0 Å². The highest BCUT2D eigenvalue weighted by molar-refractivity contribution is 5.85. The molecule has 7 heteroatoms. The van der Waals surface area contributed by atoms with Gasteiger partial charge < -0.3 is 14.7 Å². The molecule has 1 aromatic heterocycles. The van der Waals surface area contributed by atoms with E-state index in [0.29, 0.717) is 13.1 Å². The fraction of sp³-hybridized carbons (Fsp3) is 0.667. The molecule has 1 fully saturated rings. The number of aromatic carboxylic acids is 1. The Morgan fingerprint density at radius 1 is 1.32 bits per heavy atom. The molecule has 1 aromatic rings. The molecule has 2 rings (SSSR count). The van der Waals surface area contributed by atoms with Crippen molar-refractivity contribution in [2.24, 2.45) is 7.05 Å². The van der Waals surface area contributed by atoms with Crippen LogP contribution in [0, 0.1) is 0 Å². The molecule has 0 saturated carbocycles. The molecule has 0 radical (unpaired) electrons. The number of hydrogen-bond acceptors (Lipinski definition) is 4.